The highest BCUT2D eigenvalue weighted by Crippen LogP contribution is 2.18. The molecule has 0 fully saturated rings. The Bertz CT molecular complexity index is 607. The molecule has 21 heavy (non-hydrogen) atoms. The Morgan fingerprint density at radius 1 is 1.38 bits per heavy atom. The maximum absolute atomic E-state index is 11.0. The van der Waals surface area contributed by atoms with Crippen LogP contribution in [0.15, 0.2) is 36.7 Å². The average Bonchev–Trinajstić information content (AvgIpc) is 2.91. The Morgan fingerprint density at radius 2 is 2.14 bits per heavy atom. The first kappa shape index (κ1) is 15.2. The molecule has 0 radical (unpaired) electrons. The lowest BCUT2D eigenvalue weighted by molar-refractivity contribution is -0.385. The predicted molar refractivity (Wildman–Crippen MR) is 81.0 cm³/mol. The molecule has 0 aliphatic heterocycles. The van der Waals surface area contributed by atoms with Crippen molar-refractivity contribution in [1.82, 2.24) is 15.1 Å². The molecule has 0 amide bonds. The molecule has 0 saturated heterocycles. The molecule has 0 bridgehead atoms. The molecule has 2 rings (SSSR count). The summed E-state index contributed by atoms with van der Waals surface area (Å²) in [7, 11) is 0. The molecule has 6 nitrogen and oxygen atoms in total. The highest BCUT2D eigenvalue weighted by atomic mass is 16.6. The highest BCUT2D eigenvalue weighted by Gasteiger charge is 2.12. The number of rotatable bonds is 7. The van der Waals surface area contributed by atoms with Gasteiger partial charge in [0, 0.05) is 42.5 Å². The molecular weight excluding hydrogens is 268 g/mol. The van der Waals surface area contributed by atoms with Gasteiger partial charge in [-0.2, -0.15) is 5.10 Å². The summed E-state index contributed by atoms with van der Waals surface area (Å²) >= 11 is 0. The van der Waals surface area contributed by atoms with E-state index in [1.54, 1.807) is 12.1 Å². The first-order valence-electron chi connectivity index (χ1n) is 7.03. The second-order valence-electron chi connectivity index (χ2n) is 5.28. The Morgan fingerprint density at radius 3 is 2.86 bits per heavy atom. The van der Waals surface area contributed by atoms with Crippen LogP contribution in [0, 0.1) is 10.1 Å². The van der Waals surface area contributed by atoms with Crippen molar-refractivity contribution < 1.29 is 4.92 Å². The summed E-state index contributed by atoms with van der Waals surface area (Å²) in [5.74, 6) is 0. The predicted octanol–water partition coefficient (Wildman–Crippen LogP) is 2.53. The van der Waals surface area contributed by atoms with Gasteiger partial charge in [0.25, 0.3) is 5.69 Å². The molecule has 0 saturated carbocycles. The largest absolute Gasteiger partial charge is 0.310 e. The number of benzene rings is 1. The van der Waals surface area contributed by atoms with E-state index in [4.69, 9.17) is 0 Å². The molecular formula is C15H20N4O2. The van der Waals surface area contributed by atoms with Gasteiger partial charge >= 0.3 is 0 Å². The summed E-state index contributed by atoms with van der Waals surface area (Å²) in [5.41, 5.74) is 2.03. The minimum absolute atomic E-state index is 0.173. The van der Waals surface area contributed by atoms with Crippen molar-refractivity contribution in [1.29, 1.82) is 0 Å². The molecule has 1 N–H and O–H groups in total. The van der Waals surface area contributed by atoms with Crippen LogP contribution in [0.2, 0.25) is 0 Å². The summed E-state index contributed by atoms with van der Waals surface area (Å²) < 4.78 is 1.83. The number of nitro benzene ring substituents is 1. The third-order valence-corrected chi connectivity index (χ3v) is 3.20. The van der Waals surface area contributed by atoms with Crippen molar-refractivity contribution in [3.8, 4) is 0 Å². The summed E-state index contributed by atoms with van der Waals surface area (Å²) in [5, 5.41) is 18.6. The summed E-state index contributed by atoms with van der Waals surface area (Å²) in [6.45, 7) is 5.60. The zero-order valence-electron chi connectivity index (χ0n) is 12.3. The summed E-state index contributed by atoms with van der Waals surface area (Å²) in [6.07, 6.45) is 4.40. The van der Waals surface area contributed by atoms with Crippen molar-refractivity contribution in [3.63, 3.8) is 0 Å². The van der Waals surface area contributed by atoms with Crippen LogP contribution in [0.3, 0.4) is 0 Å². The molecule has 1 aromatic heterocycles. The van der Waals surface area contributed by atoms with E-state index in [1.807, 2.05) is 23.1 Å². The number of aryl methyl sites for hydroxylation is 2. The van der Waals surface area contributed by atoms with Gasteiger partial charge in [0.1, 0.15) is 0 Å². The fourth-order valence-corrected chi connectivity index (χ4v) is 2.08. The van der Waals surface area contributed by atoms with Crippen LogP contribution in [-0.4, -0.2) is 20.7 Å². The Kier molecular flexibility index (Phi) is 5.05. The molecule has 6 heteroatoms. The number of nitrogens with zero attached hydrogens (tertiary/aromatic N) is 3. The Labute approximate surface area is 123 Å². The molecule has 0 atom stereocenters. The van der Waals surface area contributed by atoms with Gasteiger partial charge in [-0.1, -0.05) is 32.0 Å². The molecule has 1 aromatic carbocycles. The maximum Gasteiger partial charge on any atom is 0.272 e. The van der Waals surface area contributed by atoms with Crippen LogP contribution in [0.25, 0.3) is 0 Å². The zero-order valence-corrected chi connectivity index (χ0v) is 12.3. The monoisotopic (exact) mass is 288 g/mol. The second-order valence-corrected chi connectivity index (χ2v) is 5.28. The minimum Gasteiger partial charge on any atom is -0.310 e. The first-order valence-corrected chi connectivity index (χ1v) is 7.03. The second kappa shape index (κ2) is 6.99. The summed E-state index contributed by atoms with van der Waals surface area (Å²) in [4.78, 5) is 10.6. The van der Waals surface area contributed by atoms with E-state index in [0.717, 1.165) is 17.7 Å². The molecule has 1 heterocycles. The third-order valence-electron chi connectivity index (χ3n) is 3.20. The maximum atomic E-state index is 11.0. The fourth-order valence-electron chi connectivity index (χ4n) is 2.08. The summed E-state index contributed by atoms with van der Waals surface area (Å²) in [6, 6.07) is 7.27. The van der Waals surface area contributed by atoms with E-state index in [1.165, 1.54) is 6.07 Å². The van der Waals surface area contributed by atoms with Gasteiger partial charge < -0.3 is 5.32 Å². The van der Waals surface area contributed by atoms with Crippen LogP contribution in [0.1, 0.15) is 25.0 Å². The molecule has 0 spiro atoms. The number of nitrogens with one attached hydrogen (secondary N) is 1. The number of para-hydroxylation sites is 1. The van der Waals surface area contributed by atoms with Crippen molar-refractivity contribution in [2.24, 2.45) is 0 Å². The highest BCUT2D eigenvalue weighted by molar-refractivity contribution is 5.39. The third kappa shape index (κ3) is 4.39. The Hall–Kier alpha value is -2.21. The van der Waals surface area contributed by atoms with Crippen molar-refractivity contribution >= 4 is 5.69 Å². The normalized spacial score (nSPS) is 11.0. The topological polar surface area (TPSA) is 73.0 Å². The Balaban J connectivity index is 1.96. The van der Waals surface area contributed by atoms with Crippen LogP contribution in [0.5, 0.6) is 0 Å². The number of aromatic nitrogens is 2. The van der Waals surface area contributed by atoms with Crippen molar-refractivity contribution in [2.75, 3.05) is 0 Å². The van der Waals surface area contributed by atoms with E-state index in [9.17, 15) is 10.1 Å². The van der Waals surface area contributed by atoms with E-state index in [-0.39, 0.29) is 10.6 Å². The number of hydrogen-bond acceptors (Lipinski definition) is 4. The van der Waals surface area contributed by atoms with E-state index >= 15 is 0 Å². The minimum atomic E-state index is -0.337. The van der Waals surface area contributed by atoms with Crippen molar-refractivity contribution in [3.05, 3.63) is 57.9 Å². The zero-order chi connectivity index (χ0) is 15.2. The molecule has 0 aliphatic carbocycles. The first-order chi connectivity index (χ1) is 10.1. The van der Waals surface area contributed by atoms with E-state index in [0.29, 0.717) is 19.0 Å². The standard InChI is InChI=1S/C15H20N4O2/c1-12(2)16-9-13-10-17-18(11-13)8-7-14-5-3-4-6-15(14)19(20)21/h3-6,10-12,16H,7-9H2,1-2H3. The fraction of sp³-hybridized carbons (Fsp3) is 0.400. The lowest BCUT2D eigenvalue weighted by Crippen LogP contribution is -2.21. The van der Waals surface area contributed by atoms with Crippen LogP contribution in [-0.2, 0) is 19.5 Å². The number of hydrogen-bond donors (Lipinski definition) is 1. The molecule has 0 aliphatic rings. The lowest BCUT2D eigenvalue weighted by Gasteiger charge is -2.05. The van der Waals surface area contributed by atoms with Gasteiger partial charge in [0.15, 0.2) is 0 Å². The van der Waals surface area contributed by atoms with E-state index < -0.39 is 0 Å². The van der Waals surface area contributed by atoms with Crippen LogP contribution < -0.4 is 5.32 Å². The van der Waals surface area contributed by atoms with Gasteiger partial charge in [-0.25, -0.2) is 0 Å². The van der Waals surface area contributed by atoms with Crippen molar-refractivity contribution in [2.45, 2.75) is 39.4 Å². The lowest BCUT2D eigenvalue weighted by atomic mass is 10.1. The quantitative estimate of drug-likeness (QED) is 0.627. The van der Waals surface area contributed by atoms with Gasteiger partial charge in [-0.15, -0.1) is 0 Å². The SMILES string of the molecule is CC(C)NCc1cnn(CCc2ccccc2[N+](=O)[O-])c1. The molecule has 112 valence electrons. The van der Waals surface area contributed by atoms with E-state index in [2.05, 4.69) is 24.3 Å². The van der Waals surface area contributed by atoms with Gasteiger partial charge in [0.2, 0.25) is 0 Å². The van der Waals surface area contributed by atoms with Gasteiger partial charge in [-0.3, -0.25) is 14.8 Å². The molecule has 0 unspecified atom stereocenters. The van der Waals surface area contributed by atoms with Crippen LogP contribution in [0.4, 0.5) is 5.69 Å². The average molecular weight is 288 g/mol. The van der Waals surface area contributed by atoms with Gasteiger partial charge in [-0.05, 0) is 6.42 Å². The smallest absolute Gasteiger partial charge is 0.272 e. The molecule has 2 aromatic rings. The number of nitro groups is 1. The van der Waals surface area contributed by atoms with Gasteiger partial charge in [0.05, 0.1) is 11.1 Å². The van der Waals surface area contributed by atoms with Crippen LogP contribution >= 0.6 is 0 Å².